The van der Waals surface area contributed by atoms with E-state index in [0.29, 0.717) is 6.20 Å². The van der Waals surface area contributed by atoms with Crippen molar-refractivity contribution in [1.82, 2.24) is 5.06 Å². The number of rotatable bonds is 2. The van der Waals surface area contributed by atoms with Gasteiger partial charge in [-0.15, -0.1) is 0 Å². The van der Waals surface area contributed by atoms with Crippen LogP contribution >= 0.6 is 0 Å². The fourth-order valence-electron chi connectivity index (χ4n) is 1.18. The van der Waals surface area contributed by atoms with E-state index in [-0.39, 0.29) is 0 Å². The number of esters is 1. The smallest absolute Gasteiger partial charge is 0.417 e. The molecule has 4 nitrogen and oxygen atoms in total. The first-order valence-electron chi connectivity index (χ1n) is 4.27. The van der Waals surface area contributed by atoms with Crippen molar-refractivity contribution in [2.75, 3.05) is 14.2 Å². The van der Waals surface area contributed by atoms with Crippen molar-refractivity contribution in [2.24, 2.45) is 0 Å². The van der Waals surface area contributed by atoms with Crippen LogP contribution in [0, 0.1) is 0 Å². The molecule has 0 saturated carbocycles. The number of halogens is 3. The van der Waals surface area contributed by atoms with Crippen LogP contribution in [0.1, 0.15) is 0 Å². The Hall–Kier alpha value is -1.50. The molecule has 0 spiro atoms. The molecule has 16 heavy (non-hydrogen) atoms. The highest BCUT2D eigenvalue weighted by molar-refractivity contribution is 5.78. The molecular formula is C9H10F3NO3. The minimum absolute atomic E-state index is 0.699. The van der Waals surface area contributed by atoms with Crippen LogP contribution in [0.15, 0.2) is 23.9 Å². The molecule has 0 radical (unpaired) electrons. The van der Waals surface area contributed by atoms with E-state index in [1.54, 1.807) is 0 Å². The number of methoxy groups -OCH3 is 1. The van der Waals surface area contributed by atoms with Crippen LogP contribution in [0.5, 0.6) is 0 Å². The molecule has 0 aromatic heterocycles. The fraction of sp³-hybridized carbons (Fsp3) is 0.444. The number of nitrogens with zero attached hydrogens (tertiary/aromatic N) is 1. The normalized spacial score (nSPS) is 20.7. The third kappa shape index (κ3) is 2.54. The minimum atomic E-state index is -4.48. The molecule has 0 amide bonds. The van der Waals surface area contributed by atoms with Gasteiger partial charge in [-0.3, -0.25) is 4.84 Å². The van der Waals surface area contributed by atoms with E-state index in [1.165, 1.54) is 7.11 Å². The summed E-state index contributed by atoms with van der Waals surface area (Å²) in [5.74, 6) is -0.699. The van der Waals surface area contributed by atoms with Crippen LogP contribution in [-0.4, -0.2) is 37.5 Å². The Morgan fingerprint density at radius 3 is 2.50 bits per heavy atom. The highest BCUT2D eigenvalue weighted by Gasteiger charge is 2.36. The van der Waals surface area contributed by atoms with Crippen molar-refractivity contribution in [3.63, 3.8) is 0 Å². The molecule has 1 heterocycles. The predicted molar refractivity (Wildman–Crippen MR) is 47.9 cm³/mol. The molecule has 0 N–H and O–H groups in total. The second kappa shape index (κ2) is 4.56. The van der Waals surface area contributed by atoms with Crippen molar-refractivity contribution in [3.05, 3.63) is 23.9 Å². The maximum absolute atomic E-state index is 12.3. The van der Waals surface area contributed by atoms with E-state index in [0.717, 1.165) is 24.3 Å². The summed E-state index contributed by atoms with van der Waals surface area (Å²) in [7, 11) is 2.31. The van der Waals surface area contributed by atoms with Gasteiger partial charge in [-0.05, 0) is 12.2 Å². The molecule has 0 aliphatic carbocycles. The summed E-state index contributed by atoms with van der Waals surface area (Å²) in [6.07, 6.45) is -1.88. The van der Waals surface area contributed by atoms with Crippen LogP contribution in [0.3, 0.4) is 0 Å². The van der Waals surface area contributed by atoms with Crippen molar-refractivity contribution in [2.45, 2.75) is 12.2 Å². The minimum Gasteiger partial charge on any atom is -0.467 e. The van der Waals surface area contributed by atoms with Crippen molar-refractivity contribution < 1.29 is 27.5 Å². The van der Waals surface area contributed by atoms with E-state index in [4.69, 9.17) is 0 Å². The lowest BCUT2D eigenvalue weighted by atomic mass is 10.1. The standard InChI is InChI=1S/C9H10F3NO3/c1-15-8(14)7-4-3-6(9(10,11)12)5-13(7)16-2/h3-5,7H,1-2H3. The number of hydrogen-bond donors (Lipinski definition) is 0. The zero-order chi connectivity index (χ0) is 12.3. The van der Waals surface area contributed by atoms with Gasteiger partial charge in [-0.2, -0.15) is 13.2 Å². The highest BCUT2D eigenvalue weighted by Crippen LogP contribution is 2.30. The summed E-state index contributed by atoms with van der Waals surface area (Å²) in [6, 6.07) is -0.999. The number of carbonyl (C=O) groups is 1. The van der Waals surface area contributed by atoms with E-state index >= 15 is 0 Å². The van der Waals surface area contributed by atoms with Gasteiger partial charge in [0.1, 0.15) is 0 Å². The molecule has 1 aliphatic heterocycles. The Balaban J connectivity index is 2.92. The first-order valence-corrected chi connectivity index (χ1v) is 4.27. The first-order chi connectivity index (χ1) is 7.40. The van der Waals surface area contributed by atoms with Gasteiger partial charge in [-0.25, -0.2) is 9.86 Å². The molecule has 0 bridgehead atoms. The van der Waals surface area contributed by atoms with Crippen molar-refractivity contribution in [1.29, 1.82) is 0 Å². The number of allylic oxidation sites excluding steroid dienone is 2. The third-order valence-electron chi connectivity index (χ3n) is 1.98. The highest BCUT2D eigenvalue weighted by atomic mass is 19.4. The maximum Gasteiger partial charge on any atom is 0.417 e. The molecule has 0 aromatic carbocycles. The fourth-order valence-corrected chi connectivity index (χ4v) is 1.18. The average Bonchev–Trinajstić information content (AvgIpc) is 2.26. The largest absolute Gasteiger partial charge is 0.467 e. The predicted octanol–water partition coefficient (Wildman–Crippen LogP) is 1.41. The summed E-state index contributed by atoms with van der Waals surface area (Å²) in [4.78, 5) is 15.8. The zero-order valence-corrected chi connectivity index (χ0v) is 8.62. The molecule has 1 atom stereocenters. The maximum atomic E-state index is 12.3. The van der Waals surface area contributed by atoms with E-state index in [1.807, 2.05) is 0 Å². The van der Waals surface area contributed by atoms with Gasteiger partial charge >= 0.3 is 12.1 Å². The van der Waals surface area contributed by atoms with E-state index in [9.17, 15) is 18.0 Å². The third-order valence-corrected chi connectivity index (χ3v) is 1.98. The quantitative estimate of drug-likeness (QED) is 0.680. The Bertz CT molecular complexity index is 335. The number of hydroxylamine groups is 2. The molecule has 0 saturated heterocycles. The lowest BCUT2D eigenvalue weighted by Crippen LogP contribution is -2.39. The summed E-state index contributed by atoms with van der Waals surface area (Å²) >= 11 is 0. The number of ether oxygens (including phenoxy) is 1. The van der Waals surface area contributed by atoms with E-state index < -0.39 is 23.8 Å². The summed E-state index contributed by atoms with van der Waals surface area (Å²) in [5.41, 5.74) is -0.894. The van der Waals surface area contributed by atoms with E-state index in [2.05, 4.69) is 9.57 Å². The van der Waals surface area contributed by atoms with Crippen molar-refractivity contribution in [3.8, 4) is 0 Å². The van der Waals surface area contributed by atoms with Crippen LogP contribution in [0.25, 0.3) is 0 Å². The molecule has 1 unspecified atom stereocenters. The molecule has 0 fully saturated rings. The van der Waals surface area contributed by atoms with Crippen LogP contribution in [0.4, 0.5) is 13.2 Å². The molecular weight excluding hydrogens is 227 g/mol. The van der Waals surface area contributed by atoms with Gasteiger partial charge in [0, 0.05) is 6.20 Å². The molecule has 1 rings (SSSR count). The van der Waals surface area contributed by atoms with Gasteiger partial charge in [-0.1, -0.05) is 0 Å². The monoisotopic (exact) mass is 237 g/mol. The molecule has 0 aromatic rings. The Kier molecular flexibility index (Phi) is 3.58. The van der Waals surface area contributed by atoms with Crippen LogP contribution in [0.2, 0.25) is 0 Å². The lowest BCUT2D eigenvalue weighted by Gasteiger charge is -2.27. The lowest BCUT2D eigenvalue weighted by molar-refractivity contribution is -0.166. The van der Waals surface area contributed by atoms with Gasteiger partial charge in [0.15, 0.2) is 6.04 Å². The Morgan fingerprint density at radius 1 is 1.44 bits per heavy atom. The van der Waals surface area contributed by atoms with Gasteiger partial charge < -0.3 is 4.74 Å². The molecule has 90 valence electrons. The summed E-state index contributed by atoms with van der Waals surface area (Å²) in [6.45, 7) is 0. The molecule has 1 aliphatic rings. The molecule has 7 heteroatoms. The van der Waals surface area contributed by atoms with Crippen LogP contribution in [-0.2, 0) is 14.4 Å². The SMILES string of the molecule is COC(=O)C1C=CC(C(F)(F)F)=CN1OC. The number of carbonyl (C=O) groups excluding carboxylic acids is 1. The van der Waals surface area contributed by atoms with Gasteiger partial charge in [0.2, 0.25) is 0 Å². The van der Waals surface area contributed by atoms with Crippen molar-refractivity contribution >= 4 is 5.97 Å². The second-order valence-corrected chi connectivity index (χ2v) is 2.95. The Labute approximate surface area is 89.9 Å². The van der Waals surface area contributed by atoms with Crippen LogP contribution < -0.4 is 0 Å². The van der Waals surface area contributed by atoms with Gasteiger partial charge in [0.05, 0.1) is 19.8 Å². The zero-order valence-electron chi connectivity index (χ0n) is 8.62. The van der Waals surface area contributed by atoms with Gasteiger partial charge in [0.25, 0.3) is 0 Å². The second-order valence-electron chi connectivity index (χ2n) is 2.95. The topological polar surface area (TPSA) is 38.8 Å². The first kappa shape index (κ1) is 12.6. The summed E-state index contributed by atoms with van der Waals surface area (Å²) < 4.78 is 41.4. The number of alkyl halides is 3. The Morgan fingerprint density at radius 2 is 2.06 bits per heavy atom. The summed E-state index contributed by atoms with van der Waals surface area (Å²) in [5, 5.41) is 0.786. The average molecular weight is 237 g/mol. The number of hydrogen-bond acceptors (Lipinski definition) is 4.